The van der Waals surface area contributed by atoms with E-state index in [0.29, 0.717) is 13.0 Å². The molecule has 1 saturated heterocycles. The summed E-state index contributed by atoms with van der Waals surface area (Å²) in [4.78, 5) is 2.03. The summed E-state index contributed by atoms with van der Waals surface area (Å²) in [5.74, 6) is 0. The Hall–Kier alpha value is -0.410. The molecule has 0 aromatic carbocycles. The zero-order chi connectivity index (χ0) is 8.77. The number of halogens is 1. The van der Waals surface area contributed by atoms with Crippen molar-refractivity contribution in [3.05, 3.63) is 11.6 Å². The van der Waals surface area contributed by atoms with Crippen molar-refractivity contribution in [3.63, 3.8) is 0 Å². The lowest BCUT2D eigenvalue weighted by molar-refractivity contribution is 0.124. The van der Waals surface area contributed by atoms with Gasteiger partial charge in [0.15, 0.2) is 0 Å². The van der Waals surface area contributed by atoms with Gasteiger partial charge in [-0.2, -0.15) is 0 Å². The molecule has 0 unspecified atom stereocenters. The Labute approximate surface area is 71.7 Å². The maximum absolute atomic E-state index is 13.0. The molecule has 0 saturated carbocycles. The van der Waals surface area contributed by atoms with Crippen molar-refractivity contribution < 1.29 is 9.50 Å². The SMILES string of the molecule is CC1=C[C@@]2(CO)C[C@@H](F)CN2C1. The van der Waals surface area contributed by atoms with E-state index in [0.717, 1.165) is 6.54 Å². The molecule has 3 heteroatoms. The third kappa shape index (κ3) is 1.00. The van der Waals surface area contributed by atoms with Crippen molar-refractivity contribution in [2.75, 3.05) is 19.7 Å². The molecule has 2 atom stereocenters. The average molecular weight is 171 g/mol. The Morgan fingerprint density at radius 3 is 3.17 bits per heavy atom. The molecule has 0 amide bonds. The van der Waals surface area contributed by atoms with Crippen LogP contribution in [-0.4, -0.2) is 41.4 Å². The summed E-state index contributed by atoms with van der Waals surface area (Å²) >= 11 is 0. The van der Waals surface area contributed by atoms with Gasteiger partial charge in [-0.1, -0.05) is 11.6 Å². The molecule has 2 aliphatic heterocycles. The van der Waals surface area contributed by atoms with E-state index in [1.54, 1.807) is 0 Å². The van der Waals surface area contributed by atoms with Crippen molar-refractivity contribution in [3.8, 4) is 0 Å². The van der Waals surface area contributed by atoms with Crippen LogP contribution in [0.5, 0.6) is 0 Å². The molecule has 1 N–H and O–H groups in total. The highest BCUT2D eigenvalue weighted by molar-refractivity contribution is 5.25. The maximum atomic E-state index is 13.0. The summed E-state index contributed by atoms with van der Waals surface area (Å²) in [7, 11) is 0. The van der Waals surface area contributed by atoms with Crippen LogP contribution in [0.2, 0.25) is 0 Å². The van der Waals surface area contributed by atoms with Crippen LogP contribution < -0.4 is 0 Å². The van der Waals surface area contributed by atoms with Crippen LogP contribution in [0.25, 0.3) is 0 Å². The van der Waals surface area contributed by atoms with Crippen molar-refractivity contribution >= 4 is 0 Å². The van der Waals surface area contributed by atoms with Crippen molar-refractivity contribution in [1.82, 2.24) is 4.90 Å². The first-order valence-electron chi connectivity index (χ1n) is 4.35. The summed E-state index contributed by atoms with van der Waals surface area (Å²) in [6.45, 7) is 3.38. The highest BCUT2D eigenvalue weighted by atomic mass is 19.1. The number of nitrogens with zero attached hydrogens (tertiary/aromatic N) is 1. The van der Waals surface area contributed by atoms with Crippen LogP contribution in [0.3, 0.4) is 0 Å². The first kappa shape index (κ1) is 8.20. The Kier molecular flexibility index (Phi) is 1.73. The summed E-state index contributed by atoms with van der Waals surface area (Å²) in [6, 6.07) is 0. The predicted molar refractivity (Wildman–Crippen MR) is 44.7 cm³/mol. The predicted octanol–water partition coefficient (Wildman–Crippen LogP) is 0.721. The van der Waals surface area contributed by atoms with Gasteiger partial charge >= 0.3 is 0 Å². The van der Waals surface area contributed by atoms with Gasteiger partial charge in [-0.3, -0.25) is 4.90 Å². The fourth-order valence-electron chi connectivity index (χ4n) is 2.39. The normalized spacial score (nSPS) is 41.6. The molecule has 0 aromatic rings. The monoisotopic (exact) mass is 171 g/mol. The van der Waals surface area contributed by atoms with E-state index >= 15 is 0 Å². The Morgan fingerprint density at radius 1 is 1.83 bits per heavy atom. The molecule has 12 heavy (non-hydrogen) atoms. The van der Waals surface area contributed by atoms with Gasteiger partial charge in [-0.15, -0.1) is 0 Å². The lowest BCUT2D eigenvalue weighted by atomic mass is 9.98. The van der Waals surface area contributed by atoms with Crippen LogP contribution in [0.1, 0.15) is 13.3 Å². The van der Waals surface area contributed by atoms with Gasteiger partial charge in [0.05, 0.1) is 12.1 Å². The van der Waals surface area contributed by atoms with E-state index < -0.39 is 6.17 Å². The van der Waals surface area contributed by atoms with Gasteiger partial charge in [0, 0.05) is 19.5 Å². The highest BCUT2D eigenvalue weighted by Gasteiger charge is 2.46. The van der Waals surface area contributed by atoms with E-state index in [-0.39, 0.29) is 12.1 Å². The van der Waals surface area contributed by atoms with Gasteiger partial charge in [0.25, 0.3) is 0 Å². The van der Waals surface area contributed by atoms with Gasteiger partial charge in [-0.05, 0) is 6.92 Å². The van der Waals surface area contributed by atoms with Gasteiger partial charge < -0.3 is 5.11 Å². The highest BCUT2D eigenvalue weighted by Crippen LogP contribution is 2.37. The molecule has 0 aromatic heterocycles. The zero-order valence-electron chi connectivity index (χ0n) is 7.26. The topological polar surface area (TPSA) is 23.5 Å². The minimum absolute atomic E-state index is 0.0464. The third-order valence-electron chi connectivity index (χ3n) is 2.85. The molecule has 0 radical (unpaired) electrons. The van der Waals surface area contributed by atoms with Crippen molar-refractivity contribution in [1.29, 1.82) is 0 Å². The third-order valence-corrected chi connectivity index (χ3v) is 2.85. The average Bonchev–Trinajstić information content (AvgIpc) is 2.40. The minimum Gasteiger partial charge on any atom is -0.394 e. The summed E-state index contributed by atoms with van der Waals surface area (Å²) in [5.41, 5.74) is 0.889. The number of hydrogen-bond acceptors (Lipinski definition) is 2. The quantitative estimate of drug-likeness (QED) is 0.588. The number of hydrogen-bond donors (Lipinski definition) is 1. The smallest absolute Gasteiger partial charge is 0.115 e. The molecular formula is C9H14FNO. The molecule has 0 bridgehead atoms. The number of rotatable bonds is 1. The molecule has 1 fully saturated rings. The van der Waals surface area contributed by atoms with E-state index in [1.807, 2.05) is 17.9 Å². The molecule has 2 rings (SSSR count). The van der Waals surface area contributed by atoms with Gasteiger partial charge in [-0.25, -0.2) is 4.39 Å². The van der Waals surface area contributed by atoms with Gasteiger partial charge in [0.2, 0.25) is 0 Å². The van der Waals surface area contributed by atoms with Crippen molar-refractivity contribution in [2.45, 2.75) is 25.1 Å². The standard InChI is InChI=1S/C9H14FNO/c1-7-2-9(6-12)3-8(10)5-11(9)4-7/h2,8,12H,3-6H2,1H3/t8-,9+/m1/s1. The van der Waals surface area contributed by atoms with Crippen LogP contribution in [0, 0.1) is 0 Å². The molecule has 0 spiro atoms. The number of aliphatic hydroxyl groups excluding tert-OH is 1. The summed E-state index contributed by atoms with van der Waals surface area (Å²) in [6.07, 6.45) is 1.72. The molecule has 68 valence electrons. The second-order valence-electron chi connectivity index (χ2n) is 3.93. The van der Waals surface area contributed by atoms with Crippen LogP contribution in [0.4, 0.5) is 4.39 Å². The fourth-order valence-corrected chi connectivity index (χ4v) is 2.39. The van der Waals surface area contributed by atoms with E-state index in [2.05, 4.69) is 0 Å². The Bertz CT molecular complexity index is 229. The van der Waals surface area contributed by atoms with Crippen LogP contribution >= 0.6 is 0 Å². The minimum atomic E-state index is -0.762. The largest absolute Gasteiger partial charge is 0.394 e. The maximum Gasteiger partial charge on any atom is 0.115 e. The molecule has 0 aliphatic carbocycles. The zero-order valence-corrected chi connectivity index (χ0v) is 7.26. The second-order valence-corrected chi connectivity index (χ2v) is 3.93. The van der Waals surface area contributed by atoms with E-state index in [4.69, 9.17) is 0 Å². The van der Waals surface area contributed by atoms with E-state index in [9.17, 15) is 9.50 Å². The Balaban J connectivity index is 2.25. The molecule has 2 heterocycles. The van der Waals surface area contributed by atoms with Crippen LogP contribution in [0.15, 0.2) is 11.6 Å². The molecular weight excluding hydrogens is 157 g/mol. The summed E-state index contributed by atoms with van der Waals surface area (Å²) in [5, 5.41) is 9.21. The first-order chi connectivity index (χ1) is 5.66. The van der Waals surface area contributed by atoms with Crippen LogP contribution in [-0.2, 0) is 0 Å². The fraction of sp³-hybridized carbons (Fsp3) is 0.778. The lowest BCUT2D eigenvalue weighted by Crippen LogP contribution is -2.41. The van der Waals surface area contributed by atoms with Crippen molar-refractivity contribution in [2.24, 2.45) is 0 Å². The number of aliphatic hydroxyl groups is 1. The van der Waals surface area contributed by atoms with Gasteiger partial charge in [0.1, 0.15) is 6.17 Å². The van der Waals surface area contributed by atoms with E-state index in [1.165, 1.54) is 5.57 Å². The first-order valence-corrected chi connectivity index (χ1v) is 4.35. The summed E-state index contributed by atoms with van der Waals surface area (Å²) < 4.78 is 13.0. The molecule has 2 nitrogen and oxygen atoms in total. The lowest BCUT2D eigenvalue weighted by Gasteiger charge is -2.27. The second kappa shape index (κ2) is 2.54. The number of fused-ring (bicyclic) bond motifs is 1. The Morgan fingerprint density at radius 2 is 2.58 bits per heavy atom. The molecule has 2 aliphatic rings. The number of alkyl halides is 1.